The van der Waals surface area contributed by atoms with Crippen LogP contribution in [0.4, 0.5) is 5.69 Å². The van der Waals surface area contributed by atoms with E-state index in [-0.39, 0.29) is 5.91 Å². The van der Waals surface area contributed by atoms with Gasteiger partial charge in [-0.3, -0.25) is 4.79 Å². The minimum atomic E-state index is 0.147. The molecule has 3 rings (SSSR count). The van der Waals surface area contributed by atoms with E-state index in [1.54, 1.807) is 12.1 Å². The molecule has 0 aromatic heterocycles. The second kappa shape index (κ2) is 5.44. The molecule has 1 amide bonds. The Hall–Kier alpha value is -1.55. The number of nitrogens with one attached hydrogen (secondary N) is 1. The summed E-state index contributed by atoms with van der Waals surface area (Å²) in [5, 5.41) is 3.43. The minimum absolute atomic E-state index is 0.147. The molecule has 2 aliphatic rings. The second-order valence-corrected chi connectivity index (χ2v) is 6.16. The molecule has 4 nitrogen and oxygen atoms in total. The zero-order valence-corrected chi connectivity index (χ0v) is 11.9. The molecule has 0 radical (unpaired) electrons. The predicted octanol–water partition coefficient (Wildman–Crippen LogP) is 1.87. The van der Waals surface area contributed by atoms with Crippen LogP contribution in [0.15, 0.2) is 24.3 Å². The fourth-order valence-corrected chi connectivity index (χ4v) is 3.45. The Morgan fingerprint density at radius 2 is 1.65 bits per heavy atom. The summed E-state index contributed by atoms with van der Waals surface area (Å²) < 4.78 is 0. The highest BCUT2D eigenvalue weighted by Gasteiger charge is 2.36. The quantitative estimate of drug-likeness (QED) is 0.768. The molecule has 0 saturated carbocycles. The molecule has 3 N–H and O–H groups in total. The fraction of sp³-hybridized carbons (Fsp3) is 0.562. The van der Waals surface area contributed by atoms with Gasteiger partial charge in [0.05, 0.1) is 0 Å². The summed E-state index contributed by atoms with van der Waals surface area (Å²) in [6, 6.07) is 7.25. The van der Waals surface area contributed by atoms with Crippen molar-refractivity contribution in [1.82, 2.24) is 10.2 Å². The molecule has 2 aliphatic heterocycles. The van der Waals surface area contributed by atoms with E-state index in [0.29, 0.717) is 11.1 Å². The van der Waals surface area contributed by atoms with Crippen molar-refractivity contribution < 1.29 is 4.79 Å². The van der Waals surface area contributed by atoms with Crippen LogP contribution in [-0.2, 0) is 0 Å². The topological polar surface area (TPSA) is 58.4 Å². The van der Waals surface area contributed by atoms with Crippen LogP contribution < -0.4 is 11.1 Å². The maximum Gasteiger partial charge on any atom is 0.253 e. The molecular formula is C16H23N3O. The Bertz CT molecular complexity index is 467. The number of carbonyl (C=O) groups is 1. The van der Waals surface area contributed by atoms with Crippen LogP contribution in [-0.4, -0.2) is 37.0 Å². The number of amides is 1. The van der Waals surface area contributed by atoms with Crippen molar-refractivity contribution >= 4 is 11.6 Å². The lowest BCUT2D eigenvalue weighted by Crippen LogP contribution is -2.47. The second-order valence-electron chi connectivity index (χ2n) is 6.16. The number of piperidine rings is 2. The van der Waals surface area contributed by atoms with Gasteiger partial charge < -0.3 is 16.0 Å². The molecule has 0 atom stereocenters. The van der Waals surface area contributed by atoms with Crippen molar-refractivity contribution in [3.05, 3.63) is 29.8 Å². The van der Waals surface area contributed by atoms with Crippen molar-refractivity contribution in [1.29, 1.82) is 0 Å². The van der Waals surface area contributed by atoms with E-state index in [9.17, 15) is 4.79 Å². The van der Waals surface area contributed by atoms with E-state index in [1.807, 2.05) is 17.0 Å². The molecule has 0 aliphatic carbocycles. The summed E-state index contributed by atoms with van der Waals surface area (Å²) in [6.45, 7) is 4.05. The van der Waals surface area contributed by atoms with Gasteiger partial charge in [-0.1, -0.05) is 0 Å². The molecule has 108 valence electrons. The van der Waals surface area contributed by atoms with Gasteiger partial charge >= 0.3 is 0 Å². The van der Waals surface area contributed by atoms with E-state index >= 15 is 0 Å². The lowest BCUT2D eigenvalue weighted by molar-refractivity contribution is 0.0496. The Kier molecular flexibility index (Phi) is 3.66. The van der Waals surface area contributed by atoms with Crippen molar-refractivity contribution in [3.63, 3.8) is 0 Å². The van der Waals surface area contributed by atoms with E-state index in [2.05, 4.69) is 5.32 Å². The van der Waals surface area contributed by atoms with Crippen molar-refractivity contribution in [2.75, 3.05) is 31.9 Å². The van der Waals surface area contributed by atoms with Crippen molar-refractivity contribution in [3.8, 4) is 0 Å². The number of nitrogens with two attached hydrogens (primary N) is 1. The van der Waals surface area contributed by atoms with Gasteiger partial charge in [0.1, 0.15) is 0 Å². The molecule has 1 aromatic carbocycles. The van der Waals surface area contributed by atoms with Crippen LogP contribution in [0.25, 0.3) is 0 Å². The highest BCUT2D eigenvalue weighted by Crippen LogP contribution is 2.39. The number of nitrogens with zero attached hydrogens (tertiary/aromatic N) is 1. The minimum Gasteiger partial charge on any atom is -0.399 e. The predicted molar refractivity (Wildman–Crippen MR) is 80.5 cm³/mol. The molecule has 20 heavy (non-hydrogen) atoms. The van der Waals surface area contributed by atoms with Crippen LogP contribution in [0.2, 0.25) is 0 Å². The number of benzene rings is 1. The molecule has 0 bridgehead atoms. The first-order valence-electron chi connectivity index (χ1n) is 7.54. The third kappa shape index (κ3) is 2.66. The summed E-state index contributed by atoms with van der Waals surface area (Å²) >= 11 is 0. The summed E-state index contributed by atoms with van der Waals surface area (Å²) in [4.78, 5) is 14.5. The lowest BCUT2D eigenvalue weighted by Gasteiger charge is -2.44. The lowest BCUT2D eigenvalue weighted by atomic mass is 9.71. The van der Waals surface area contributed by atoms with Crippen LogP contribution in [0, 0.1) is 5.41 Å². The Labute approximate surface area is 120 Å². The first-order chi connectivity index (χ1) is 9.69. The van der Waals surface area contributed by atoms with Crippen LogP contribution >= 0.6 is 0 Å². The Balaban J connectivity index is 1.62. The first-order valence-corrected chi connectivity index (χ1v) is 7.54. The zero-order valence-electron chi connectivity index (χ0n) is 11.9. The summed E-state index contributed by atoms with van der Waals surface area (Å²) in [6.07, 6.45) is 4.82. The third-order valence-corrected chi connectivity index (χ3v) is 4.93. The zero-order chi connectivity index (χ0) is 14.0. The van der Waals surface area contributed by atoms with Gasteiger partial charge in [-0.05, 0) is 68.5 Å². The maximum absolute atomic E-state index is 12.5. The highest BCUT2D eigenvalue weighted by atomic mass is 16.2. The smallest absolute Gasteiger partial charge is 0.253 e. The molecule has 2 heterocycles. The Morgan fingerprint density at radius 1 is 1.05 bits per heavy atom. The third-order valence-electron chi connectivity index (χ3n) is 4.93. The van der Waals surface area contributed by atoms with Crippen LogP contribution in [0.5, 0.6) is 0 Å². The van der Waals surface area contributed by atoms with Crippen LogP contribution in [0.3, 0.4) is 0 Å². The Morgan fingerprint density at radius 3 is 2.25 bits per heavy atom. The van der Waals surface area contributed by atoms with E-state index in [0.717, 1.165) is 44.6 Å². The number of hydrogen-bond acceptors (Lipinski definition) is 3. The SMILES string of the molecule is Nc1ccc(C(=O)N2CCC3(CCNCC3)CC2)cc1. The standard InChI is InChI=1S/C16H23N3O/c17-14-3-1-13(2-4-14)15(20)19-11-7-16(8-12-19)5-9-18-10-6-16/h1-4,18H,5-12,17H2. The summed E-state index contributed by atoms with van der Waals surface area (Å²) in [5.74, 6) is 0.147. The number of rotatable bonds is 1. The number of nitrogen functional groups attached to an aromatic ring is 1. The van der Waals surface area contributed by atoms with Gasteiger partial charge in [-0.15, -0.1) is 0 Å². The number of carbonyl (C=O) groups excluding carboxylic acids is 1. The largest absolute Gasteiger partial charge is 0.399 e. The molecule has 4 heteroatoms. The van der Waals surface area contributed by atoms with Gasteiger partial charge in [0.15, 0.2) is 0 Å². The van der Waals surface area contributed by atoms with E-state index in [4.69, 9.17) is 5.73 Å². The fourth-order valence-electron chi connectivity index (χ4n) is 3.45. The normalized spacial score (nSPS) is 21.9. The molecule has 1 spiro atoms. The molecule has 1 aromatic rings. The van der Waals surface area contributed by atoms with Crippen molar-refractivity contribution in [2.45, 2.75) is 25.7 Å². The average Bonchev–Trinajstić information content (AvgIpc) is 2.49. The van der Waals surface area contributed by atoms with Gasteiger partial charge in [-0.2, -0.15) is 0 Å². The van der Waals surface area contributed by atoms with Gasteiger partial charge in [0, 0.05) is 24.3 Å². The van der Waals surface area contributed by atoms with Crippen molar-refractivity contribution in [2.24, 2.45) is 5.41 Å². The summed E-state index contributed by atoms with van der Waals surface area (Å²) in [5.41, 5.74) is 7.61. The number of likely N-dealkylation sites (tertiary alicyclic amines) is 1. The average molecular weight is 273 g/mol. The molecule has 0 unspecified atom stereocenters. The molecular weight excluding hydrogens is 250 g/mol. The first kappa shape index (κ1) is 13.4. The summed E-state index contributed by atoms with van der Waals surface area (Å²) in [7, 11) is 0. The van der Waals surface area contributed by atoms with Gasteiger partial charge in [0.2, 0.25) is 0 Å². The van der Waals surface area contributed by atoms with Gasteiger partial charge in [-0.25, -0.2) is 0 Å². The number of hydrogen-bond donors (Lipinski definition) is 2. The van der Waals surface area contributed by atoms with Gasteiger partial charge in [0.25, 0.3) is 5.91 Å². The maximum atomic E-state index is 12.5. The molecule has 2 saturated heterocycles. The number of anilines is 1. The highest BCUT2D eigenvalue weighted by molar-refractivity contribution is 5.94. The monoisotopic (exact) mass is 273 g/mol. The molecule has 2 fully saturated rings. The van der Waals surface area contributed by atoms with E-state index in [1.165, 1.54) is 12.8 Å². The van der Waals surface area contributed by atoms with Crippen LogP contribution in [0.1, 0.15) is 36.0 Å². The van der Waals surface area contributed by atoms with E-state index < -0.39 is 0 Å².